The van der Waals surface area contributed by atoms with Crippen LogP contribution >= 0.6 is 0 Å². The standard InChI is InChI=1S/C28H36N4O2/c1-21-18-22(2)29-20-26(21)28(33)31-14-9-24(10-15-31)32-16-8-23-19-25(6-7-27(23)32)34-17-5-13-30-11-3-4-12-30/h6-8,16,18-20,24H,3-5,9-15,17H2,1-2H3. The summed E-state index contributed by atoms with van der Waals surface area (Å²) in [4.78, 5) is 21.9. The molecule has 0 bridgehead atoms. The van der Waals surface area contributed by atoms with E-state index in [9.17, 15) is 4.79 Å². The Morgan fingerprint density at radius 1 is 1.06 bits per heavy atom. The van der Waals surface area contributed by atoms with Crippen LogP contribution < -0.4 is 4.74 Å². The number of likely N-dealkylation sites (tertiary alicyclic amines) is 2. The van der Waals surface area contributed by atoms with Gasteiger partial charge in [0, 0.05) is 54.7 Å². The molecule has 2 aromatic heterocycles. The zero-order valence-electron chi connectivity index (χ0n) is 20.5. The lowest BCUT2D eigenvalue weighted by Crippen LogP contribution is -2.39. The molecule has 2 fully saturated rings. The molecule has 0 saturated carbocycles. The Labute approximate surface area is 202 Å². The molecule has 2 aliphatic rings. The first kappa shape index (κ1) is 22.9. The number of rotatable bonds is 7. The first-order valence-electron chi connectivity index (χ1n) is 12.8. The average Bonchev–Trinajstić information content (AvgIpc) is 3.51. The van der Waals surface area contributed by atoms with E-state index in [0.717, 1.165) is 68.1 Å². The lowest BCUT2D eigenvalue weighted by Gasteiger charge is -2.33. The first-order valence-corrected chi connectivity index (χ1v) is 12.8. The van der Waals surface area contributed by atoms with Crippen LogP contribution in [0.3, 0.4) is 0 Å². The molecule has 180 valence electrons. The van der Waals surface area contributed by atoms with Crippen LogP contribution in [0.25, 0.3) is 10.9 Å². The van der Waals surface area contributed by atoms with Gasteiger partial charge in [-0.2, -0.15) is 0 Å². The lowest BCUT2D eigenvalue weighted by molar-refractivity contribution is 0.0695. The Balaban J connectivity index is 1.17. The fraction of sp³-hybridized carbons (Fsp3) is 0.500. The summed E-state index contributed by atoms with van der Waals surface area (Å²) in [7, 11) is 0. The molecule has 0 radical (unpaired) electrons. The number of pyridine rings is 1. The maximum Gasteiger partial charge on any atom is 0.255 e. The smallest absolute Gasteiger partial charge is 0.255 e. The molecular weight excluding hydrogens is 424 g/mol. The van der Waals surface area contributed by atoms with E-state index in [2.05, 4.69) is 44.9 Å². The number of aromatic nitrogens is 2. The molecule has 0 atom stereocenters. The molecule has 4 heterocycles. The van der Waals surface area contributed by atoms with Crippen LogP contribution in [-0.4, -0.2) is 64.6 Å². The van der Waals surface area contributed by atoms with E-state index < -0.39 is 0 Å². The molecule has 1 amide bonds. The Morgan fingerprint density at radius 2 is 1.85 bits per heavy atom. The molecule has 5 rings (SSSR count). The van der Waals surface area contributed by atoms with Crippen molar-refractivity contribution < 1.29 is 9.53 Å². The number of benzene rings is 1. The highest BCUT2D eigenvalue weighted by Gasteiger charge is 2.26. The number of piperidine rings is 1. The van der Waals surface area contributed by atoms with Crippen molar-refractivity contribution in [3.63, 3.8) is 0 Å². The molecule has 3 aromatic rings. The minimum absolute atomic E-state index is 0.104. The number of nitrogens with zero attached hydrogens (tertiary/aromatic N) is 4. The normalized spacial score (nSPS) is 17.5. The summed E-state index contributed by atoms with van der Waals surface area (Å²) in [6.07, 6.45) is 9.60. The van der Waals surface area contributed by atoms with Crippen LogP contribution in [0.1, 0.15) is 59.8 Å². The average molecular weight is 461 g/mol. The summed E-state index contributed by atoms with van der Waals surface area (Å²) in [5, 5.41) is 1.22. The van der Waals surface area contributed by atoms with Crippen molar-refractivity contribution in [3.05, 3.63) is 59.5 Å². The summed E-state index contributed by atoms with van der Waals surface area (Å²) in [6.45, 7) is 9.89. The van der Waals surface area contributed by atoms with Gasteiger partial charge in [0.1, 0.15) is 5.75 Å². The van der Waals surface area contributed by atoms with Gasteiger partial charge in [0.2, 0.25) is 0 Å². The van der Waals surface area contributed by atoms with Crippen molar-refractivity contribution in [2.75, 3.05) is 39.3 Å². The van der Waals surface area contributed by atoms with Crippen LogP contribution in [0.15, 0.2) is 42.7 Å². The third-order valence-corrected chi connectivity index (χ3v) is 7.40. The summed E-state index contributed by atoms with van der Waals surface area (Å²) in [6, 6.07) is 11.0. The number of amides is 1. The van der Waals surface area contributed by atoms with E-state index in [4.69, 9.17) is 4.74 Å². The molecule has 0 unspecified atom stereocenters. The Hall–Kier alpha value is -2.86. The predicted molar refractivity (Wildman–Crippen MR) is 136 cm³/mol. The van der Waals surface area contributed by atoms with Gasteiger partial charge in [0.05, 0.1) is 12.2 Å². The Morgan fingerprint density at radius 3 is 2.62 bits per heavy atom. The largest absolute Gasteiger partial charge is 0.494 e. The fourth-order valence-corrected chi connectivity index (χ4v) is 5.47. The SMILES string of the molecule is Cc1cc(C)c(C(=O)N2CCC(n3ccc4cc(OCCCN5CCCC5)ccc43)CC2)cn1. The van der Waals surface area contributed by atoms with E-state index in [-0.39, 0.29) is 5.91 Å². The highest BCUT2D eigenvalue weighted by Crippen LogP contribution is 2.30. The number of carbonyl (C=O) groups excluding carboxylic acids is 1. The molecule has 34 heavy (non-hydrogen) atoms. The van der Waals surface area contributed by atoms with Gasteiger partial charge in [-0.1, -0.05) is 0 Å². The summed E-state index contributed by atoms with van der Waals surface area (Å²) < 4.78 is 8.42. The van der Waals surface area contributed by atoms with Crippen molar-refractivity contribution in [2.45, 2.75) is 52.0 Å². The van der Waals surface area contributed by atoms with Crippen LogP contribution in [0.5, 0.6) is 5.75 Å². The van der Waals surface area contributed by atoms with Gasteiger partial charge < -0.3 is 19.1 Å². The molecule has 6 nitrogen and oxygen atoms in total. The summed E-state index contributed by atoms with van der Waals surface area (Å²) in [5.74, 6) is 1.06. The second kappa shape index (κ2) is 10.2. The molecular formula is C28H36N4O2. The molecule has 0 aliphatic carbocycles. The molecule has 1 aromatic carbocycles. The topological polar surface area (TPSA) is 50.6 Å². The van der Waals surface area contributed by atoms with Crippen LogP contribution in [0.2, 0.25) is 0 Å². The maximum atomic E-state index is 13.0. The minimum atomic E-state index is 0.104. The first-order chi connectivity index (χ1) is 16.6. The zero-order chi connectivity index (χ0) is 23.5. The molecule has 0 N–H and O–H groups in total. The van der Waals surface area contributed by atoms with Gasteiger partial charge in [0.15, 0.2) is 0 Å². The van der Waals surface area contributed by atoms with Crippen molar-refractivity contribution in [1.29, 1.82) is 0 Å². The summed E-state index contributed by atoms with van der Waals surface area (Å²) >= 11 is 0. The second-order valence-corrected chi connectivity index (χ2v) is 9.86. The number of carbonyl (C=O) groups is 1. The highest BCUT2D eigenvalue weighted by atomic mass is 16.5. The third kappa shape index (κ3) is 4.97. The third-order valence-electron chi connectivity index (χ3n) is 7.40. The summed E-state index contributed by atoms with van der Waals surface area (Å²) in [5.41, 5.74) is 3.92. The lowest BCUT2D eigenvalue weighted by atomic mass is 10.0. The van der Waals surface area contributed by atoms with E-state index in [1.807, 2.05) is 24.8 Å². The highest BCUT2D eigenvalue weighted by molar-refractivity contribution is 5.95. The van der Waals surface area contributed by atoms with Crippen molar-refractivity contribution in [2.24, 2.45) is 0 Å². The number of hydrogen-bond acceptors (Lipinski definition) is 4. The molecule has 0 spiro atoms. The van der Waals surface area contributed by atoms with Crippen molar-refractivity contribution in [1.82, 2.24) is 19.4 Å². The predicted octanol–water partition coefficient (Wildman–Crippen LogP) is 5.00. The van der Waals surface area contributed by atoms with E-state index in [1.165, 1.54) is 36.8 Å². The molecule has 6 heteroatoms. The van der Waals surface area contributed by atoms with Crippen molar-refractivity contribution >= 4 is 16.8 Å². The van der Waals surface area contributed by atoms with E-state index in [0.29, 0.717) is 6.04 Å². The van der Waals surface area contributed by atoms with Crippen molar-refractivity contribution in [3.8, 4) is 5.75 Å². The molecule has 2 saturated heterocycles. The Bertz CT molecular complexity index is 1140. The van der Waals surface area contributed by atoms with E-state index in [1.54, 1.807) is 6.20 Å². The zero-order valence-corrected chi connectivity index (χ0v) is 20.5. The van der Waals surface area contributed by atoms with Gasteiger partial charge >= 0.3 is 0 Å². The van der Waals surface area contributed by atoms with Crippen LogP contribution in [0, 0.1) is 13.8 Å². The number of fused-ring (bicyclic) bond motifs is 1. The quantitative estimate of drug-likeness (QED) is 0.466. The molecule has 2 aliphatic heterocycles. The fourth-order valence-electron chi connectivity index (χ4n) is 5.47. The second-order valence-electron chi connectivity index (χ2n) is 9.86. The van der Waals surface area contributed by atoms with Crippen LogP contribution in [-0.2, 0) is 0 Å². The number of aryl methyl sites for hydroxylation is 2. The number of ether oxygens (including phenoxy) is 1. The van der Waals surface area contributed by atoms with Gasteiger partial charge in [-0.3, -0.25) is 9.78 Å². The monoisotopic (exact) mass is 460 g/mol. The van der Waals surface area contributed by atoms with Gasteiger partial charge in [-0.15, -0.1) is 0 Å². The minimum Gasteiger partial charge on any atom is -0.494 e. The van der Waals surface area contributed by atoms with E-state index >= 15 is 0 Å². The maximum absolute atomic E-state index is 13.0. The Kier molecular flexibility index (Phi) is 6.86. The van der Waals surface area contributed by atoms with Gasteiger partial charge in [-0.05, 0) is 94.9 Å². The number of hydrogen-bond donors (Lipinski definition) is 0. The van der Waals surface area contributed by atoms with Gasteiger partial charge in [-0.25, -0.2) is 0 Å². The van der Waals surface area contributed by atoms with Crippen LogP contribution in [0.4, 0.5) is 0 Å². The van der Waals surface area contributed by atoms with Gasteiger partial charge in [0.25, 0.3) is 5.91 Å².